The minimum absolute atomic E-state index is 0.0368. The molecule has 0 spiro atoms. The van der Waals surface area contributed by atoms with Crippen LogP contribution in [0, 0.1) is 5.92 Å². The molecular formula is C15H21NO2. The summed E-state index contributed by atoms with van der Waals surface area (Å²) in [6.07, 6.45) is 1.65. The van der Waals surface area contributed by atoms with Crippen molar-refractivity contribution in [1.29, 1.82) is 0 Å². The molecule has 1 aliphatic carbocycles. The molecule has 0 unspecified atom stereocenters. The Bertz CT molecular complexity index is 423. The Morgan fingerprint density at radius 1 is 1.33 bits per heavy atom. The first-order chi connectivity index (χ1) is 8.37. The molecular weight excluding hydrogens is 226 g/mol. The van der Waals surface area contributed by atoms with Crippen LogP contribution < -0.4 is 0 Å². The Morgan fingerprint density at radius 2 is 1.83 bits per heavy atom. The van der Waals surface area contributed by atoms with Crippen LogP contribution >= 0.6 is 0 Å². The third kappa shape index (κ3) is 2.91. The molecule has 1 aliphatic rings. The number of carbonyl (C=O) groups excluding carboxylic acids is 1. The Morgan fingerprint density at radius 3 is 2.28 bits per heavy atom. The van der Waals surface area contributed by atoms with Crippen LogP contribution in [0.25, 0.3) is 0 Å². The maximum Gasteiger partial charge on any atom is 0.226 e. The highest BCUT2D eigenvalue weighted by Crippen LogP contribution is 2.27. The summed E-state index contributed by atoms with van der Waals surface area (Å²) < 4.78 is 0. The zero-order chi connectivity index (χ0) is 13.3. The van der Waals surface area contributed by atoms with E-state index in [4.69, 9.17) is 0 Å². The van der Waals surface area contributed by atoms with Crippen molar-refractivity contribution in [3.63, 3.8) is 0 Å². The zero-order valence-electron chi connectivity index (χ0n) is 11.3. The van der Waals surface area contributed by atoms with Crippen LogP contribution in [-0.4, -0.2) is 35.1 Å². The van der Waals surface area contributed by atoms with E-state index in [0.29, 0.717) is 6.54 Å². The van der Waals surface area contributed by atoms with E-state index in [9.17, 15) is 9.90 Å². The van der Waals surface area contributed by atoms with Crippen LogP contribution in [0.4, 0.5) is 0 Å². The van der Waals surface area contributed by atoms with Gasteiger partial charge in [0.1, 0.15) is 0 Å². The Hall–Kier alpha value is -1.35. The van der Waals surface area contributed by atoms with Gasteiger partial charge in [-0.3, -0.25) is 4.79 Å². The second-order valence-electron chi connectivity index (χ2n) is 5.88. The van der Waals surface area contributed by atoms with Gasteiger partial charge in [0.25, 0.3) is 0 Å². The fourth-order valence-electron chi connectivity index (χ4n) is 2.70. The lowest BCUT2D eigenvalue weighted by molar-refractivity contribution is -0.136. The Kier molecular flexibility index (Phi) is 3.44. The van der Waals surface area contributed by atoms with Crippen molar-refractivity contribution in [3.8, 4) is 0 Å². The maximum absolute atomic E-state index is 12.3. The maximum atomic E-state index is 12.3. The predicted octanol–water partition coefficient (Wildman–Crippen LogP) is 1.63. The summed E-state index contributed by atoms with van der Waals surface area (Å²) in [6.45, 7) is 3.82. The normalized spacial score (nSPS) is 15.6. The van der Waals surface area contributed by atoms with E-state index < -0.39 is 5.60 Å². The summed E-state index contributed by atoms with van der Waals surface area (Å²) >= 11 is 0. The summed E-state index contributed by atoms with van der Waals surface area (Å²) in [5, 5.41) is 9.76. The van der Waals surface area contributed by atoms with Crippen LogP contribution in [0.2, 0.25) is 0 Å². The average molecular weight is 247 g/mol. The molecule has 0 aliphatic heterocycles. The predicted molar refractivity (Wildman–Crippen MR) is 71.3 cm³/mol. The van der Waals surface area contributed by atoms with Crippen molar-refractivity contribution in [2.75, 3.05) is 13.6 Å². The standard InChI is InChI=1S/C15H21NO2/c1-15(2,18)10-16(3)14(17)13-8-11-6-4-5-7-12(11)9-13/h4-7,13,18H,8-10H2,1-3H3. The van der Waals surface area contributed by atoms with Crippen molar-refractivity contribution in [2.24, 2.45) is 5.92 Å². The van der Waals surface area contributed by atoms with Gasteiger partial charge in [-0.25, -0.2) is 0 Å². The largest absolute Gasteiger partial charge is 0.389 e. The molecule has 0 aromatic heterocycles. The first-order valence-corrected chi connectivity index (χ1v) is 6.41. The molecule has 0 saturated heterocycles. The highest BCUT2D eigenvalue weighted by molar-refractivity contribution is 5.80. The van der Waals surface area contributed by atoms with Gasteiger partial charge in [0.15, 0.2) is 0 Å². The minimum Gasteiger partial charge on any atom is -0.389 e. The minimum atomic E-state index is -0.837. The van der Waals surface area contributed by atoms with Crippen molar-refractivity contribution in [2.45, 2.75) is 32.3 Å². The van der Waals surface area contributed by atoms with E-state index in [1.165, 1.54) is 11.1 Å². The van der Waals surface area contributed by atoms with Crippen LogP contribution in [0.3, 0.4) is 0 Å². The van der Waals surface area contributed by atoms with Gasteiger partial charge in [-0.05, 0) is 37.8 Å². The number of likely N-dealkylation sites (N-methyl/N-ethyl adjacent to an activating group) is 1. The van der Waals surface area contributed by atoms with Crippen LogP contribution in [0.5, 0.6) is 0 Å². The lowest BCUT2D eigenvalue weighted by atomic mass is 10.0. The molecule has 98 valence electrons. The SMILES string of the molecule is CN(CC(C)(C)O)C(=O)C1Cc2ccccc2C1. The molecule has 0 radical (unpaired) electrons. The van der Waals surface area contributed by atoms with Crippen molar-refractivity contribution < 1.29 is 9.90 Å². The number of carbonyl (C=O) groups is 1. The van der Waals surface area contributed by atoms with E-state index in [1.54, 1.807) is 25.8 Å². The summed E-state index contributed by atoms with van der Waals surface area (Å²) in [6, 6.07) is 8.23. The molecule has 1 amide bonds. The molecule has 1 N–H and O–H groups in total. The number of fused-ring (bicyclic) bond motifs is 1. The lowest BCUT2D eigenvalue weighted by Crippen LogP contribution is -2.42. The van der Waals surface area contributed by atoms with Gasteiger partial charge in [-0.15, -0.1) is 0 Å². The van der Waals surface area contributed by atoms with E-state index in [1.807, 2.05) is 12.1 Å². The highest BCUT2D eigenvalue weighted by atomic mass is 16.3. The zero-order valence-corrected chi connectivity index (χ0v) is 11.3. The van der Waals surface area contributed by atoms with Gasteiger partial charge in [0.2, 0.25) is 5.91 Å². The molecule has 0 bridgehead atoms. The van der Waals surface area contributed by atoms with Gasteiger partial charge in [0.05, 0.1) is 5.60 Å². The molecule has 0 fully saturated rings. The average Bonchev–Trinajstić information content (AvgIpc) is 2.68. The number of hydrogen-bond donors (Lipinski definition) is 1. The molecule has 0 saturated carbocycles. The van der Waals surface area contributed by atoms with Crippen LogP contribution in [0.15, 0.2) is 24.3 Å². The topological polar surface area (TPSA) is 40.5 Å². The molecule has 1 aromatic rings. The molecule has 1 aromatic carbocycles. The van der Waals surface area contributed by atoms with Crippen molar-refractivity contribution >= 4 is 5.91 Å². The summed E-state index contributed by atoms with van der Waals surface area (Å²) in [7, 11) is 1.77. The fraction of sp³-hybridized carbons (Fsp3) is 0.533. The molecule has 0 atom stereocenters. The second-order valence-corrected chi connectivity index (χ2v) is 5.88. The molecule has 2 rings (SSSR count). The Labute approximate surface area is 108 Å². The van der Waals surface area contributed by atoms with Gasteiger partial charge in [-0.1, -0.05) is 24.3 Å². The molecule has 3 nitrogen and oxygen atoms in total. The van der Waals surface area contributed by atoms with Gasteiger partial charge >= 0.3 is 0 Å². The third-order valence-corrected chi connectivity index (χ3v) is 3.40. The van der Waals surface area contributed by atoms with Crippen molar-refractivity contribution in [1.82, 2.24) is 4.90 Å². The number of rotatable bonds is 3. The van der Waals surface area contributed by atoms with Gasteiger partial charge in [0, 0.05) is 19.5 Å². The lowest BCUT2D eigenvalue weighted by Gasteiger charge is -2.27. The summed E-state index contributed by atoms with van der Waals surface area (Å²) in [5.74, 6) is 0.170. The van der Waals surface area contributed by atoms with E-state index in [-0.39, 0.29) is 11.8 Å². The molecule has 0 heterocycles. The van der Waals surface area contributed by atoms with E-state index >= 15 is 0 Å². The highest BCUT2D eigenvalue weighted by Gasteiger charge is 2.30. The monoisotopic (exact) mass is 247 g/mol. The van der Waals surface area contributed by atoms with Gasteiger partial charge < -0.3 is 10.0 Å². The first kappa shape index (κ1) is 13.1. The van der Waals surface area contributed by atoms with Crippen molar-refractivity contribution in [3.05, 3.63) is 35.4 Å². The van der Waals surface area contributed by atoms with Gasteiger partial charge in [-0.2, -0.15) is 0 Å². The van der Waals surface area contributed by atoms with Crippen LogP contribution in [0.1, 0.15) is 25.0 Å². The van der Waals surface area contributed by atoms with E-state index in [0.717, 1.165) is 12.8 Å². The third-order valence-electron chi connectivity index (χ3n) is 3.40. The quantitative estimate of drug-likeness (QED) is 0.882. The van der Waals surface area contributed by atoms with E-state index in [2.05, 4.69) is 12.1 Å². The number of amides is 1. The number of nitrogens with zero attached hydrogens (tertiary/aromatic N) is 1. The summed E-state index contributed by atoms with van der Waals surface area (Å²) in [5.41, 5.74) is 1.73. The number of benzene rings is 1. The second kappa shape index (κ2) is 4.73. The smallest absolute Gasteiger partial charge is 0.226 e. The first-order valence-electron chi connectivity index (χ1n) is 6.41. The summed E-state index contributed by atoms with van der Waals surface area (Å²) in [4.78, 5) is 14.0. The number of hydrogen-bond acceptors (Lipinski definition) is 2. The Balaban J connectivity index is 2.01. The fourth-order valence-corrected chi connectivity index (χ4v) is 2.70. The molecule has 18 heavy (non-hydrogen) atoms. The number of aliphatic hydroxyl groups is 1. The van der Waals surface area contributed by atoms with Crippen LogP contribution in [-0.2, 0) is 17.6 Å². The molecule has 3 heteroatoms.